The molecule has 9 heteroatoms. The fourth-order valence-electron chi connectivity index (χ4n) is 1.77. The molecule has 0 atom stereocenters. The molecular formula is C12H9BrN2O6. The van der Waals surface area contributed by atoms with Crippen LogP contribution in [0.1, 0.15) is 28.8 Å². The van der Waals surface area contributed by atoms with E-state index in [2.05, 4.69) is 15.9 Å². The van der Waals surface area contributed by atoms with E-state index in [-0.39, 0.29) is 29.4 Å². The van der Waals surface area contributed by atoms with Gasteiger partial charge in [0.1, 0.15) is 0 Å². The van der Waals surface area contributed by atoms with Crippen LogP contribution in [-0.2, 0) is 19.8 Å². The number of halogens is 1. The molecule has 110 valence electrons. The highest BCUT2D eigenvalue weighted by Crippen LogP contribution is 2.23. The summed E-state index contributed by atoms with van der Waals surface area (Å²) < 4.78 is 0. The second-order valence-electron chi connectivity index (χ2n) is 4.19. The third kappa shape index (κ3) is 3.07. The zero-order chi connectivity index (χ0) is 15.6. The minimum absolute atomic E-state index is 0.0191. The number of nitro groups is 1. The van der Waals surface area contributed by atoms with Gasteiger partial charge in [0.05, 0.1) is 10.5 Å². The summed E-state index contributed by atoms with van der Waals surface area (Å²) in [6, 6.07) is 3.78. The van der Waals surface area contributed by atoms with E-state index in [0.717, 1.165) is 6.07 Å². The monoisotopic (exact) mass is 356 g/mol. The molecule has 0 unspecified atom stereocenters. The van der Waals surface area contributed by atoms with Crippen LogP contribution < -0.4 is 0 Å². The number of carbonyl (C=O) groups excluding carboxylic acids is 3. The zero-order valence-electron chi connectivity index (χ0n) is 10.6. The molecule has 1 heterocycles. The van der Waals surface area contributed by atoms with Crippen molar-refractivity contribution in [1.82, 2.24) is 5.06 Å². The van der Waals surface area contributed by atoms with Gasteiger partial charge in [0.15, 0.2) is 0 Å². The van der Waals surface area contributed by atoms with Crippen LogP contribution in [0.15, 0.2) is 18.2 Å². The third-order valence-corrected chi connectivity index (χ3v) is 3.45. The Labute approximate surface area is 126 Å². The first-order valence-electron chi connectivity index (χ1n) is 5.85. The van der Waals surface area contributed by atoms with E-state index in [9.17, 15) is 24.5 Å². The molecule has 1 saturated heterocycles. The van der Waals surface area contributed by atoms with E-state index in [1.54, 1.807) is 0 Å². The van der Waals surface area contributed by atoms with Crippen LogP contribution in [0.2, 0.25) is 0 Å². The summed E-state index contributed by atoms with van der Waals surface area (Å²) in [5.74, 6) is -2.22. The molecule has 0 saturated carbocycles. The Morgan fingerprint density at radius 3 is 2.48 bits per heavy atom. The van der Waals surface area contributed by atoms with E-state index in [4.69, 9.17) is 4.84 Å². The molecule has 0 aromatic heterocycles. The summed E-state index contributed by atoms with van der Waals surface area (Å²) >= 11 is 3.11. The van der Waals surface area contributed by atoms with Gasteiger partial charge in [-0.2, -0.15) is 0 Å². The standard InChI is InChI=1S/C12H9BrN2O6/c13-6-8-2-1-7(5-9(8)15(19)20)12(18)21-14-10(16)3-4-11(14)17/h1-2,5H,3-4,6H2. The Morgan fingerprint density at radius 1 is 1.33 bits per heavy atom. The van der Waals surface area contributed by atoms with Gasteiger partial charge in [-0.15, -0.1) is 5.06 Å². The molecule has 1 aliphatic rings. The molecule has 0 radical (unpaired) electrons. The average Bonchev–Trinajstić information content (AvgIpc) is 2.78. The molecule has 0 aliphatic carbocycles. The first-order valence-corrected chi connectivity index (χ1v) is 6.97. The van der Waals surface area contributed by atoms with E-state index in [1.807, 2.05) is 0 Å². The van der Waals surface area contributed by atoms with E-state index >= 15 is 0 Å². The third-order valence-electron chi connectivity index (χ3n) is 2.84. The lowest BCUT2D eigenvalue weighted by Gasteiger charge is -2.12. The van der Waals surface area contributed by atoms with Crippen LogP contribution in [0.25, 0.3) is 0 Å². The lowest BCUT2D eigenvalue weighted by atomic mass is 10.1. The van der Waals surface area contributed by atoms with Crippen LogP contribution in [0.4, 0.5) is 5.69 Å². The van der Waals surface area contributed by atoms with Crippen LogP contribution in [0, 0.1) is 10.1 Å². The summed E-state index contributed by atoms with van der Waals surface area (Å²) in [7, 11) is 0. The van der Waals surface area contributed by atoms with Gasteiger partial charge in [0.2, 0.25) is 0 Å². The molecular weight excluding hydrogens is 348 g/mol. The average molecular weight is 357 g/mol. The fourth-order valence-corrected chi connectivity index (χ4v) is 2.24. The number of imide groups is 1. The SMILES string of the molecule is O=C(ON1C(=O)CCC1=O)c1ccc(CBr)c([N+](=O)[O-])c1. The normalized spacial score (nSPS) is 14.4. The summed E-state index contributed by atoms with van der Waals surface area (Å²) in [4.78, 5) is 49.5. The largest absolute Gasteiger partial charge is 0.364 e. The Kier molecular flexibility index (Phi) is 4.32. The number of carbonyl (C=O) groups is 3. The molecule has 2 rings (SSSR count). The minimum Gasteiger partial charge on any atom is -0.325 e. The first-order chi connectivity index (χ1) is 9.93. The maximum absolute atomic E-state index is 11.9. The van der Waals surface area contributed by atoms with Crippen molar-refractivity contribution in [3.63, 3.8) is 0 Å². The van der Waals surface area contributed by atoms with Gasteiger partial charge in [-0.1, -0.05) is 22.0 Å². The molecule has 21 heavy (non-hydrogen) atoms. The van der Waals surface area contributed by atoms with Crippen molar-refractivity contribution in [1.29, 1.82) is 0 Å². The van der Waals surface area contributed by atoms with Gasteiger partial charge >= 0.3 is 5.97 Å². The van der Waals surface area contributed by atoms with Crippen molar-refractivity contribution < 1.29 is 24.1 Å². The Hall–Kier alpha value is -2.29. The second kappa shape index (κ2) is 6.00. The van der Waals surface area contributed by atoms with Crippen LogP contribution in [0.5, 0.6) is 0 Å². The molecule has 1 aromatic rings. The molecule has 0 N–H and O–H groups in total. The van der Waals surface area contributed by atoms with E-state index in [0.29, 0.717) is 10.6 Å². The Bertz CT molecular complexity index is 629. The summed E-state index contributed by atoms with van der Waals surface area (Å²) in [5, 5.41) is 11.6. The molecule has 2 amide bonds. The number of rotatable bonds is 4. The second-order valence-corrected chi connectivity index (χ2v) is 4.76. The minimum atomic E-state index is -0.997. The van der Waals surface area contributed by atoms with Gasteiger partial charge < -0.3 is 4.84 Å². The molecule has 8 nitrogen and oxygen atoms in total. The number of benzene rings is 1. The van der Waals surface area contributed by atoms with Gasteiger partial charge in [-0.3, -0.25) is 19.7 Å². The predicted molar refractivity (Wildman–Crippen MR) is 72.2 cm³/mol. The van der Waals surface area contributed by atoms with Crippen LogP contribution >= 0.6 is 15.9 Å². The predicted octanol–water partition coefficient (Wildman–Crippen LogP) is 1.71. The summed E-state index contributed by atoms with van der Waals surface area (Å²) in [6.07, 6.45) is -0.0381. The van der Waals surface area contributed by atoms with Crippen LogP contribution in [0.3, 0.4) is 0 Å². The Morgan fingerprint density at radius 2 is 1.95 bits per heavy atom. The maximum Gasteiger partial charge on any atom is 0.364 e. The van der Waals surface area contributed by atoms with Gasteiger partial charge in [-0.05, 0) is 6.07 Å². The van der Waals surface area contributed by atoms with Crippen molar-refractivity contribution >= 4 is 39.4 Å². The summed E-state index contributed by atoms with van der Waals surface area (Å²) in [5.41, 5.74) is 0.0316. The maximum atomic E-state index is 11.9. The van der Waals surface area contributed by atoms with E-state index < -0.39 is 22.7 Å². The number of hydrogen-bond donors (Lipinski definition) is 0. The van der Waals surface area contributed by atoms with Gasteiger partial charge in [-0.25, -0.2) is 4.79 Å². The first kappa shape index (κ1) is 15.1. The van der Waals surface area contributed by atoms with Gasteiger partial charge in [0.25, 0.3) is 17.5 Å². The van der Waals surface area contributed by atoms with E-state index in [1.165, 1.54) is 12.1 Å². The number of hydrogen-bond acceptors (Lipinski definition) is 6. The molecule has 1 aliphatic heterocycles. The molecule has 1 fully saturated rings. The molecule has 0 spiro atoms. The quantitative estimate of drug-likeness (QED) is 0.351. The topological polar surface area (TPSA) is 107 Å². The lowest BCUT2D eigenvalue weighted by molar-refractivity contribution is -0.385. The van der Waals surface area contributed by atoms with Crippen molar-refractivity contribution in [3.05, 3.63) is 39.4 Å². The van der Waals surface area contributed by atoms with Crippen molar-refractivity contribution in [2.24, 2.45) is 0 Å². The summed E-state index contributed by atoms with van der Waals surface area (Å²) in [6.45, 7) is 0. The number of nitrogens with zero attached hydrogens (tertiary/aromatic N) is 2. The highest BCUT2D eigenvalue weighted by atomic mass is 79.9. The highest BCUT2D eigenvalue weighted by molar-refractivity contribution is 9.08. The number of alkyl halides is 1. The van der Waals surface area contributed by atoms with Crippen molar-refractivity contribution in [3.8, 4) is 0 Å². The number of hydroxylamine groups is 2. The smallest absolute Gasteiger partial charge is 0.325 e. The lowest BCUT2D eigenvalue weighted by Crippen LogP contribution is -2.32. The van der Waals surface area contributed by atoms with Gasteiger partial charge in [0, 0.05) is 29.8 Å². The molecule has 0 bridgehead atoms. The molecule has 1 aromatic carbocycles. The fraction of sp³-hybridized carbons (Fsp3) is 0.250. The highest BCUT2D eigenvalue weighted by Gasteiger charge is 2.33. The van der Waals surface area contributed by atoms with Crippen LogP contribution in [-0.4, -0.2) is 27.8 Å². The van der Waals surface area contributed by atoms with Crippen molar-refractivity contribution in [2.75, 3.05) is 0 Å². The number of amides is 2. The Balaban J connectivity index is 2.23. The number of nitro benzene ring substituents is 1. The van der Waals surface area contributed by atoms with Crippen molar-refractivity contribution in [2.45, 2.75) is 18.2 Å². The zero-order valence-corrected chi connectivity index (χ0v) is 12.2.